The van der Waals surface area contributed by atoms with Crippen molar-refractivity contribution in [2.75, 3.05) is 13.7 Å². The molecule has 3 unspecified atom stereocenters. The van der Waals surface area contributed by atoms with Gasteiger partial charge in [0.2, 0.25) is 5.91 Å². The first kappa shape index (κ1) is 14.1. The van der Waals surface area contributed by atoms with E-state index in [2.05, 4.69) is 11.9 Å². The van der Waals surface area contributed by atoms with Crippen LogP contribution in [0.1, 0.15) is 6.92 Å². The lowest BCUT2D eigenvalue weighted by molar-refractivity contribution is -0.199. The third-order valence-corrected chi connectivity index (χ3v) is 2.91. The predicted octanol–water partition coefficient (Wildman–Crippen LogP) is -1.19. The fourth-order valence-electron chi connectivity index (χ4n) is 2.00. The molecule has 0 aromatic carbocycles. The lowest BCUT2D eigenvalue weighted by Crippen LogP contribution is -2.63. The number of aliphatic hydroxyl groups excluding tert-OH is 2. The fourth-order valence-corrected chi connectivity index (χ4v) is 2.00. The van der Waals surface area contributed by atoms with Crippen LogP contribution in [-0.4, -0.2) is 60.3 Å². The number of rotatable bonds is 4. The van der Waals surface area contributed by atoms with Crippen LogP contribution in [0.3, 0.4) is 0 Å². The number of hydrogen-bond acceptors (Lipinski definition) is 5. The van der Waals surface area contributed by atoms with Crippen molar-refractivity contribution in [2.24, 2.45) is 0 Å². The zero-order valence-corrected chi connectivity index (χ0v) is 10.00. The van der Waals surface area contributed by atoms with Crippen LogP contribution in [-0.2, 0) is 14.3 Å². The van der Waals surface area contributed by atoms with Crippen LogP contribution in [0, 0.1) is 0 Å². The molecule has 17 heavy (non-hydrogen) atoms. The Bertz CT molecular complexity index is 283. The molecule has 0 saturated carbocycles. The minimum Gasteiger partial charge on any atom is -0.394 e. The van der Waals surface area contributed by atoms with Gasteiger partial charge in [0.25, 0.3) is 0 Å². The van der Waals surface area contributed by atoms with Crippen LogP contribution in [0.25, 0.3) is 0 Å². The monoisotopic (exact) mass is 245 g/mol. The molecule has 0 spiro atoms. The highest BCUT2D eigenvalue weighted by atomic mass is 16.6. The summed E-state index contributed by atoms with van der Waals surface area (Å²) in [6, 6.07) is -0.590. The first-order valence-corrected chi connectivity index (χ1v) is 5.45. The number of amides is 1. The Labute approximate surface area is 100 Å². The molecule has 1 saturated heterocycles. The molecule has 6 nitrogen and oxygen atoms in total. The van der Waals surface area contributed by atoms with E-state index in [1.807, 2.05) is 0 Å². The van der Waals surface area contributed by atoms with Crippen LogP contribution < -0.4 is 5.32 Å². The van der Waals surface area contributed by atoms with Gasteiger partial charge >= 0.3 is 0 Å². The highest BCUT2D eigenvalue weighted by Gasteiger charge is 2.43. The molecular formula is C11H19NO5. The summed E-state index contributed by atoms with van der Waals surface area (Å²) in [5, 5.41) is 21.8. The minimum absolute atomic E-state index is 0.248. The standard InChI is InChI=1S/C11H19NO5/c1-4-8(14)12-9-6(2)17-7(5-13)11(16-3)10(9)15/h4,6-7,9-11,13,15H,1,5H2,2-3H3,(H,12,14)/t6?,7?,9-,10-,11?/m1/s1. The Balaban J connectivity index is 2.77. The van der Waals surface area contributed by atoms with Crippen LogP contribution in [0.5, 0.6) is 0 Å². The van der Waals surface area contributed by atoms with Crippen LogP contribution in [0.2, 0.25) is 0 Å². The third-order valence-electron chi connectivity index (χ3n) is 2.91. The number of aliphatic hydroxyl groups is 2. The summed E-state index contributed by atoms with van der Waals surface area (Å²) in [6.07, 6.45) is -1.50. The van der Waals surface area contributed by atoms with Crippen molar-refractivity contribution in [1.29, 1.82) is 0 Å². The average Bonchev–Trinajstić information content (AvgIpc) is 2.33. The van der Waals surface area contributed by atoms with Gasteiger partial charge in [0.05, 0.1) is 18.8 Å². The summed E-state index contributed by atoms with van der Waals surface area (Å²) < 4.78 is 10.6. The quantitative estimate of drug-likeness (QED) is 0.542. The number of methoxy groups -OCH3 is 1. The summed E-state index contributed by atoms with van der Waals surface area (Å²) >= 11 is 0. The van der Waals surface area contributed by atoms with E-state index in [1.165, 1.54) is 7.11 Å². The van der Waals surface area contributed by atoms with Gasteiger partial charge in [-0.15, -0.1) is 0 Å². The SMILES string of the molecule is C=CC(=O)N[C@@H]1C(C)OC(CO)C(OC)[C@@H]1O. The second-order valence-corrected chi connectivity index (χ2v) is 3.99. The summed E-state index contributed by atoms with van der Waals surface area (Å²) in [5.41, 5.74) is 0. The molecule has 98 valence electrons. The van der Waals surface area contributed by atoms with E-state index < -0.39 is 30.5 Å². The van der Waals surface area contributed by atoms with E-state index in [1.54, 1.807) is 6.92 Å². The molecule has 1 amide bonds. The predicted molar refractivity (Wildman–Crippen MR) is 60.4 cm³/mol. The van der Waals surface area contributed by atoms with E-state index >= 15 is 0 Å². The van der Waals surface area contributed by atoms with E-state index in [0.29, 0.717) is 0 Å². The van der Waals surface area contributed by atoms with Crippen molar-refractivity contribution in [3.63, 3.8) is 0 Å². The Morgan fingerprint density at radius 2 is 2.29 bits per heavy atom. The molecule has 1 rings (SSSR count). The van der Waals surface area contributed by atoms with Crippen LogP contribution in [0.4, 0.5) is 0 Å². The van der Waals surface area contributed by atoms with Gasteiger partial charge < -0.3 is 25.0 Å². The van der Waals surface area contributed by atoms with Gasteiger partial charge in [-0.3, -0.25) is 4.79 Å². The smallest absolute Gasteiger partial charge is 0.243 e. The lowest BCUT2D eigenvalue weighted by atomic mass is 9.93. The van der Waals surface area contributed by atoms with Gasteiger partial charge in [-0.1, -0.05) is 6.58 Å². The molecule has 0 radical (unpaired) electrons. The Kier molecular flexibility index (Phi) is 5.07. The Morgan fingerprint density at radius 3 is 2.76 bits per heavy atom. The van der Waals surface area contributed by atoms with Crippen molar-refractivity contribution < 1.29 is 24.5 Å². The molecule has 1 fully saturated rings. The van der Waals surface area contributed by atoms with Gasteiger partial charge in [0.1, 0.15) is 18.3 Å². The summed E-state index contributed by atoms with van der Waals surface area (Å²) in [5.74, 6) is -0.387. The topological polar surface area (TPSA) is 88.0 Å². The molecule has 1 aliphatic heterocycles. The Hall–Kier alpha value is -0.950. The molecule has 6 heteroatoms. The van der Waals surface area contributed by atoms with Crippen molar-refractivity contribution in [3.8, 4) is 0 Å². The van der Waals surface area contributed by atoms with Crippen LogP contribution >= 0.6 is 0 Å². The Morgan fingerprint density at radius 1 is 1.65 bits per heavy atom. The number of ether oxygens (including phenoxy) is 2. The van der Waals surface area contributed by atoms with Gasteiger partial charge in [-0.25, -0.2) is 0 Å². The number of nitrogens with one attached hydrogen (secondary N) is 1. The maximum absolute atomic E-state index is 11.2. The normalized spacial score (nSPS) is 37.5. The van der Waals surface area contributed by atoms with Crippen LogP contribution in [0.15, 0.2) is 12.7 Å². The van der Waals surface area contributed by atoms with Crippen molar-refractivity contribution in [3.05, 3.63) is 12.7 Å². The molecule has 0 aromatic rings. The maximum atomic E-state index is 11.2. The second-order valence-electron chi connectivity index (χ2n) is 3.99. The number of hydrogen-bond donors (Lipinski definition) is 3. The first-order valence-electron chi connectivity index (χ1n) is 5.45. The number of carbonyl (C=O) groups is 1. The third kappa shape index (κ3) is 3.04. The summed E-state index contributed by atoms with van der Waals surface area (Å²) in [7, 11) is 1.42. The van der Waals surface area contributed by atoms with Gasteiger partial charge in [-0.05, 0) is 13.0 Å². The van der Waals surface area contributed by atoms with Gasteiger partial charge in [-0.2, -0.15) is 0 Å². The molecule has 0 bridgehead atoms. The molecular weight excluding hydrogens is 226 g/mol. The maximum Gasteiger partial charge on any atom is 0.243 e. The first-order chi connectivity index (χ1) is 8.04. The zero-order valence-electron chi connectivity index (χ0n) is 10.00. The summed E-state index contributed by atoms with van der Waals surface area (Å²) in [4.78, 5) is 11.2. The van der Waals surface area contributed by atoms with Crippen molar-refractivity contribution >= 4 is 5.91 Å². The summed E-state index contributed by atoms with van der Waals surface area (Å²) in [6.45, 7) is 4.81. The number of carbonyl (C=O) groups excluding carboxylic acids is 1. The molecule has 5 atom stereocenters. The van der Waals surface area contributed by atoms with Crippen molar-refractivity contribution in [1.82, 2.24) is 5.32 Å². The molecule has 1 heterocycles. The highest BCUT2D eigenvalue weighted by molar-refractivity contribution is 5.87. The molecule has 0 aromatic heterocycles. The lowest BCUT2D eigenvalue weighted by Gasteiger charge is -2.42. The van der Waals surface area contributed by atoms with E-state index in [-0.39, 0.29) is 12.5 Å². The average molecular weight is 245 g/mol. The van der Waals surface area contributed by atoms with E-state index in [9.17, 15) is 9.90 Å². The highest BCUT2D eigenvalue weighted by Crippen LogP contribution is 2.22. The fraction of sp³-hybridized carbons (Fsp3) is 0.727. The van der Waals surface area contributed by atoms with E-state index in [4.69, 9.17) is 14.6 Å². The minimum atomic E-state index is -0.940. The second kappa shape index (κ2) is 6.11. The molecule has 1 aliphatic rings. The van der Waals surface area contributed by atoms with Gasteiger partial charge in [0.15, 0.2) is 0 Å². The zero-order chi connectivity index (χ0) is 13.0. The van der Waals surface area contributed by atoms with Crippen molar-refractivity contribution in [2.45, 2.75) is 37.4 Å². The van der Waals surface area contributed by atoms with E-state index in [0.717, 1.165) is 6.08 Å². The largest absolute Gasteiger partial charge is 0.394 e. The molecule has 0 aliphatic carbocycles. The molecule has 3 N–H and O–H groups in total. The van der Waals surface area contributed by atoms with Gasteiger partial charge in [0, 0.05) is 7.11 Å².